The minimum atomic E-state index is -0.470. The summed E-state index contributed by atoms with van der Waals surface area (Å²) in [6.07, 6.45) is 0.616. The van der Waals surface area contributed by atoms with Gasteiger partial charge in [-0.1, -0.05) is 18.2 Å². The summed E-state index contributed by atoms with van der Waals surface area (Å²) >= 11 is 1.85. The highest BCUT2D eigenvalue weighted by atomic mass is 32.1. The van der Waals surface area contributed by atoms with E-state index in [-0.39, 0.29) is 0 Å². The van der Waals surface area contributed by atoms with Crippen LogP contribution in [0.25, 0.3) is 0 Å². The average molecular weight is 317 g/mol. The summed E-state index contributed by atoms with van der Waals surface area (Å²) in [5.41, 5.74) is 2.52. The van der Waals surface area contributed by atoms with Crippen molar-refractivity contribution in [3.05, 3.63) is 51.7 Å². The Labute approximate surface area is 136 Å². The van der Waals surface area contributed by atoms with Gasteiger partial charge >= 0.3 is 0 Å². The number of aliphatic hydroxyl groups excluding tert-OH is 1. The monoisotopic (exact) mass is 317 g/mol. The van der Waals surface area contributed by atoms with Crippen molar-refractivity contribution in [1.29, 1.82) is 0 Å². The van der Waals surface area contributed by atoms with Crippen LogP contribution in [0.2, 0.25) is 0 Å². The predicted molar refractivity (Wildman–Crippen MR) is 90.7 cm³/mol. The molecular formula is C18H23NO2S. The van der Waals surface area contributed by atoms with Crippen LogP contribution in [0.5, 0.6) is 5.75 Å². The Morgan fingerprint density at radius 2 is 2.18 bits per heavy atom. The van der Waals surface area contributed by atoms with E-state index in [1.54, 1.807) is 0 Å². The van der Waals surface area contributed by atoms with Gasteiger partial charge in [0.05, 0.1) is 0 Å². The molecule has 0 fully saturated rings. The van der Waals surface area contributed by atoms with Gasteiger partial charge in [-0.25, -0.2) is 0 Å². The molecule has 0 saturated carbocycles. The van der Waals surface area contributed by atoms with Crippen molar-refractivity contribution >= 4 is 11.3 Å². The van der Waals surface area contributed by atoms with E-state index in [1.165, 1.54) is 10.4 Å². The van der Waals surface area contributed by atoms with Gasteiger partial charge in [0.2, 0.25) is 0 Å². The molecule has 0 saturated heterocycles. The summed E-state index contributed by atoms with van der Waals surface area (Å²) < 4.78 is 5.76. The van der Waals surface area contributed by atoms with Gasteiger partial charge in [0.1, 0.15) is 18.5 Å². The van der Waals surface area contributed by atoms with Crippen molar-refractivity contribution in [2.24, 2.45) is 0 Å². The lowest BCUT2D eigenvalue weighted by Gasteiger charge is -2.34. The number of hydrogen-bond donors (Lipinski definition) is 1. The first-order valence-electron chi connectivity index (χ1n) is 7.82. The Hall–Kier alpha value is -1.36. The zero-order valence-corrected chi connectivity index (χ0v) is 14.0. The molecule has 0 radical (unpaired) electrons. The molecule has 3 rings (SSSR count). The fourth-order valence-corrected chi connectivity index (χ4v) is 4.00. The highest BCUT2D eigenvalue weighted by Crippen LogP contribution is 2.32. The Morgan fingerprint density at radius 1 is 1.36 bits per heavy atom. The lowest BCUT2D eigenvalue weighted by molar-refractivity contribution is 0.0520. The van der Waals surface area contributed by atoms with Crippen LogP contribution in [0.15, 0.2) is 35.7 Å². The maximum absolute atomic E-state index is 10.3. The van der Waals surface area contributed by atoms with Gasteiger partial charge in [-0.15, -0.1) is 11.3 Å². The van der Waals surface area contributed by atoms with Crippen molar-refractivity contribution < 1.29 is 9.84 Å². The lowest BCUT2D eigenvalue weighted by Crippen LogP contribution is -2.40. The van der Waals surface area contributed by atoms with Gasteiger partial charge < -0.3 is 9.84 Å². The minimum Gasteiger partial charge on any atom is -0.491 e. The zero-order valence-electron chi connectivity index (χ0n) is 13.2. The van der Waals surface area contributed by atoms with Crippen molar-refractivity contribution in [1.82, 2.24) is 4.90 Å². The van der Waals surface area contributed by atoms with Gasteiger partial charge in [-0.3, -0.25) is 4.90 Å². The Balaban J connectivity index is 1.54. The lowest BCUT2D eigenvalue weighted by atomic mass is 10.0. The molecular weight excluding hydrogens is 294 g/mol. The molecule has 1 aromatic carbocycles. The molecule has 0 bridgehead atoms. The first-order valence-corrected chi connectivity index (χ1v) is 8.70. The fourth-order valence-electron chi connectivity index (χ4n) is 3.04. The second kappa shape index (κ2) is 6.82. The van der Waals surface area contributed by atoms with E-state index in [2.05, 4.69) is 23.3 Å². The Kier molecular flexibility index (Phi) is 4.81. The Morgan fingerprint density at radius 3 is 3.00 bits per heavy atom. The van der Waals surface area contributed by atoms with E-state index in [9.17, 15) is 5.11 Å². The predicted octanol–water partition coefficient (Wildman–Crippen LogP) is 3.42. The van der Waals surface area contributed by atoms with Crippen molar-refractivity contribution in [3.8, 4) is 5.75 Å². The number of para-hydroxylation sites is 1. The molecule has 0 aliphatic carbocycles. The number of aryl methyl sites for hydroxylation is 1. The zero-order chi connectivity index (χ0) is 15.5. The summed E-state index contributed by atoms with van der Waals surface area (Å²) in [5, 5.41) is 12.5. The topological polar surface area (TPSA) is 32.7 Å². The third kappa shape index (κ3) is 3.35. The molecule has 0 unspecified atom stereocenters. The summed E-state index contributed by atoms with van der Waals surface area (Å²) in [4.78, 5) is 3.84. The summed E-state index contributed by atoms with van der Waals surface area (Å²) in [6, 6.07) is 10.5. The molecule has 118 valence electrons. The maximum atomic E-state index is 10.3. The summed E-state index contributed by atoms with van der Waals surface area (Å²) in [7, 11) is 0. The Bertz CT molecular complexity index is 625. The third-order valence-corrected chi connectivity index (χ3v) is 5.37. The van der Waals surface area contributed by atoms with Crippen molar-refractivity contribution in [2.75, 3.05) is 19.7 Å². The molecule has 0 amide bonds. The second-order valence-electron chi connectivity index (χ2n) is 5.95. The van der Waals surface area contributed by atoms with Gasteiger partial charge in [0, 0.05) is 24.0 Å². The third-order valence-electron chi connectivity index (χ3n) is 4.37. The van der Waals surface area contributed by atoms with Crippen LogP contribution >= 0.6 is 11.3 Å². The molecule has 2 atom stereocenters. The summed E-state index contributed by atoms with van der Waals surface area (Å²) in [5.74, 6) is 0.855. The molecule has 0 spiro atoms. The highest BCUT2D eigenvalue weighted by molar-refractivity contribution is 7.10. The molecule has 4 heteroatoms. The second-order valence-corrected chi connectivity index (χ2v) is 6.95. The maximum Gasteiger partial charge on any atom is 0.122 e. The van der Waals surface area contributed by atoms with Crippen LogP contribution in [-0.4, -0.2) is 35.8 Å². The molecule has 22 heavy (non-hydrogen) atoms. The summed E-state index contributed by atoms with van der Waals surface area (Å²) in [6.45, 7) is 6.25. The van der Waals surface area contributed by atoms with E-state index in [0.717, 1.165) is 24.3 Å². The fraction of sp³-hybridized carbons (Fsp3) is 0.444. The average Bonchev–Trinajstić information content (AvgIpc) is 2.99. The number of thiophene rings is 1. The first kappa shape index (κ1) is 15.5. The van der Waals surface area contributed by atoms with Gasteiger partial charge in [0.25, 0.3) is 0 Å². The van der Waals surface area contributed by atoms with Crippen molar-refractivity contribution in [2.45, 2.75) is 32.4 Å². The molecule has 1 aliphatic rings. The number of β-amino-alcohol motifs (C(OH)–C–C–N with tert-alkyl or cyclic N) is 1. The molecule has 1 aromatic heterocycles. The van der Waals surface area contributed by atoms with E-state index in [0.29, 0.717) is 19.2 Å². The van der Waals surface area contributed by atoms with Crippen molar-refractivity contribution in [3.63, 3.8) is 0 Å². The number of rotatable bonds is 5. The number of benzene rings is 1. The van der Waals surface area contributed by atoms with Crippen LogP contribution in [0.1, 0.15) is 29.0 Å². The van der Waals surface area contributed by atoms with E-state index in [4.69, 9.17) is 4.74 Å². The minimum absolute atomic E-state index is 0.338. The van der Waals surface area contributed by atoms with Crippen LogP contribution in [0.4, 0.5) is 0 Å². The highest BCUT2D eigenvalue weighted by Gasteiger charge is 2.26. The number of hydrogen-bond acceptors (Lipinski definition) is 4. The first-order chi connectivity index (χ1) is 10.6. The standard InChI is InChI=1S/C18H23NO2S/c1-13-5-3-4-6-17(13)21-12-15(20)11-19-9-7-18-16(14(19)2)8-10-22-18/h3-6,8,10,14-15,20H,7,9,11-12H2,1-2H3/t14-,15-/m1/s1. The van der Waals surface area contributed by atoms with E-state index >= 15 is 0 Å². The van der Waals surface area contributed by atoms with Crippen LogP contribution in [0.3, 0.4) is 0 Å². The molecule has 2 heterocycles. The molecule has 1 N–H and O–H groups in total. The van der Waals surface area contributed by atoms with Gasteiger partial charge in [0.15, 0.2) is 0 Å². The quantitative estimate of drug-likeness (QED) is 0.917. The van der Waals surface area contributed by atoms with E-state index < -0.39 is 6.10 Å². The smallest absolute Gasteiger partial charge is 0.122 e. The van der Waals surface area contributed by atoms with Gasteiger partial charge in [-0.05, 0) is 48.9 Å². The molecule has 1 aliphatic heterocycles. The SMILES string of the molecule is Cc1ccccc1OC[C@H](O)CN1CCc2sccc2[C@H]1C. The largest absolute Gasteiger partial charge is 0.491 e. The van der Waals surface area contributed by atoms with Crippen LogP contribution in [-0.2, 0) is 6.42 Å². The molecule has 2 aromatic rings. The number of aliphatic hydroxyl groups is 1. The van der Waals surface area contributed by atoms with E-state index in [1.807, 2.05) is 42.5 Å². The molecule has 3 nitrogen and oxygen atoms in total. The normalized spacial score (nSPS) is 19.7. The number of fused-ring (bicyclic) bond motifs is 1. The van der Waals surface area contributed by atoms with Crippen LogP contribution < -0.4 is 4.74 Å². The number of ether oxygens (including phenoxy) is 1. The number of nitrogens with zero attached hydrogens (tertiary/aromatic N) is 1. The van der Waals surface area contributed by atoms with Crippen LogP contribution in [0, 0.1) is 6.92 Å². The van der Waals surface area contributed by atoms with Gasteiger partial charge in [-0.2, -0.15) is 0 Å².